The van der Waals surface area contributed by atoms with E-state index in [9.17, 15) is 9.59 Å². The van der Waals surface area contributed by atoms with E-state index in [1.165, 1.54) is 0 Å². The van der Waals surface area contributed by atoms with E-state index < -0.39 is 6.09 Å². The summed E-state index contributed by atoms with van der Waals surface area (Å²) in [5, 5.41) is 0. The summed E-state index contributed by atoms with van der Waals surface area (Å²) in [4.78, 5) is 22.8. The van der Waals surface area contributed by atoms with Crippen LogP contribution in [-0.2, 0) is 16.0 Å². The molecule has 0 radical (unpaired) electrons. The van der Waals surface area contributed by atoms with Crippen LogP contribution in [0, 0.1) is 5.92 Å². The van der Waals surface area contributed by atoms with Gasteiger partial charge in [0.25, 0.3) is 0 Å². The Morgan fingerprint density at radius 1 is 1.17 bits per heavy atom. The van der Waals surface area contributed by atoms with Gasteiger partial charge in [0.1, 0.15) is 0 Å². The molecule has 0 unspecified atom stereocenters. The lowest BCUT2D eigenvalue weighted by Gasteiger charge is -2.14. The summed E-state index contributed by atoms with van der Waals surface area (Å²) in [6.07, 6.45) is 0.0560. The second-order valence-corrected chi connectivity index (χ2v) is 5.58. The smallest absolute Gasteiger partial charge is 0.426 e. The van der Waals surface area contributed by atoms with Gasteiger partial charge in [-0.25, -0.2) is 10.2 Å². The van der Waals surface area contributed by atoms with Gasteiger partial charge in [0.15, 0.2) is 11.5 Å². The summed E-state index contributed by atoms with van der Waals surface area (Å²) >= 11 is 0. The van der Waals surface area contributed by atoms with Crippen LogP contribution in [0.1, 0.15) is 32.8 Å². The zero-order valence-electron chi connectivity index (χ0n) is 14.7. The fourth-order valence-corrected chi connectivity index (χ4v) is 1.85. The van der Waals surface area contributed by atoms with Crippen molar-refractivity contribution in [1.82, 2.24) is 10.9 Å². The van der Waals surface area contributed by atoms with Gasteiger partial charge in [-0.2, -0.15) is 0 Å². The number of rotatable bonds is 8. The second-order valence-electron chi connectivity index (χ2n) is 5.58. The third-order valence-electron chi connectivity index (χ3n) is 3.02. The lowest BCUT2D eigenvalue weighted by atomic mass is 10.1. The van der Waals surface area contributed by atoms with E-state index in [4.69, 9.17) is 9.47 Å². The summed E-state index contributed by atoms with van der Waals surface area (Å²) in [5.41, 5.74) is 5.42. The summed E-state index contributed by atoms with van der Waals surface area (Å²) in [6, 6.07) is 5.57. The molecule has 0 saturated carbocycles. The molecule has 7 nitrogen and oxygen atoms in total. The summed E-state index contributed by atoms with van der Waals surface area (Å²) in [7, 11) is 1.59. The second kappa shape index (κ2) is 10.4. The van der Waals surface area contributed by atoms with Crippen molar-refractivity contribution in [1.29, 1.82) is 0 Å². The average Bonchev–Trinajstić information content (AvgIpc) is 2.56. The topological polar surface area (TPSA) is 85.9 Å². The molecule has 1 aromatic carbocycles. The van der Waals surface area contributed by atoms with E-state index in [1.807, 2.05) is 18.2 Å². The molecule has 0 bridgehead atoms. The van der Waals surface area contributed by atoms with Gasteiger partial charge >= 0.3 is 6.09 Å². The van der Waals surface area contributed by atoms with Crippen LogP contribution in [0.25, 0.3) is 0 Å². The number of benzene rings is 1. The zero-order valence-corrected chi connectivity index (χ0v) is 14.7. The minimum Gasteiger partial charge on any atom is -0.493 e. The predicted octanol–water partition coefficient (Wildman–Crippen LogP) is 2.44. The van der Waals surface area contributed by atoms with Crippen LogP contribution in [0.3, 0.4) is 0 Å². The monoisotopic (exact) mass is 338 g/mol. The van der Waals surface area contributed by atoms with Crippen molar-refractivity contribution in [2.45, 2.75) is 33.6 Å². The molecule has 0 aliphatic carbocycles. The molecule has 2 amide bonds. The Kier molecular flexibility index (Phi) is 8.46. The fraction of sp³-hybridized carbons (Fsp3) is 0.529. The van der Waals surface area contributed by atoms with Gasteiger partial charge in [-0.3, -0.25) is 10.2 Å². The quantitative estimate of drug-likeness (QED) is 0.711. The normalized spacial score (nSPS) is 10.2. The maximum absolute atomic E-state index is 11.7. The van der Waals surface area contributed by atoms with Crippen molar-refractivity contribution in [3.8, 4) is 11.5 Å². The molecule has 0 fully saturated rings. The van der Waals surface area contributed by atoms with E-state index in [2.05, 4.69) is 29.4 Å². The Morgan fingerprint density at radius 3 is 2.54 bits per heavy atom. The van der Waals surface area contributed by atoms with E-state index in [0.29, 0.717) is 30.4 Å². The van der Waals surface area contributed by atoms with Crippen molar-refractivity contribution in [3.63, 3.8) is 0 Å². The number of hydrogen-bond donors (Lipinski definition) is 2. The molecule has 134 valence electrons. The van der Waals surface area contributed by atoms with Crippen LogP contribution in [0.15, 0.2) is 18.2 Å². The van der Waals surface area contributed by atoms with Gasteiger partial charge in [-0.1, -0.05) is 19.9 Å². The van der Waals surface area contributed by atoms with Crippen molar-refractivity contribution >= 4 is 12.0 Å². The number of carbonyl (C=O) groups is 2. The Bertz CT molecular complexity index is 546. The van der Waals surface area contributed by atoms with Gasteiger partial charge in [-0.05, 0) is 37.0 Å². The third-order valence-corrected chi connectivity index (χ3v) is 3.02. The number of nitrogens with one attached hydrogen (secondary N) is 2. The number of carbonyl (C=O) groups excluding carboxylic acids is 2. The van der Waals surface area contributed by atoms with Crippen LogP contribution in [-0.4, -0.2) is 32.3 Å². The molecule has 0 aliphatic rings. The first-order valence-electron chi connectivity index (χ1n) is 7.97. The van der Waals surface area contributed by atoms with Crippen LogP contribution < -0.4 is 20.3 Å². The first-order chi connectivity index (χ1) is 11.5. The SMILES string of the molecule is CCOC(=O)NNC(=O)CCc1ccc(OC)c(OCC(C)C)c1. The highest BCUT2D eigenvalue weighted by Crippen LogP contribution is 2.28. The van der Waals surface area contributed by atoms with Gasteiger partial charge in [0.05, 0.1) is 20.3 Å². The van der Waals surface area contributed by atoms with Crippen molar-refractivity contribution in [3.05, 3.63) is 23.8 Å². The Morgan fingerprint density at radius 2 is 1.92 bits per heavy atom. The number of ether oxygens (including phenoxy) is 3. The summed E-state index contributed by atoms with van der Waals surface area (Å²) in [6.45, 7) is 6.65. The molecule has 0 aliphatic heterocycles. The maximum Gasteiger partial charge on any atom is 0.426 e. The van der Waals surface area contributed by atoms with E-state index in [-0.39, 0.29) is 18.9 Å². The molecule has 1 aromatic rings. The van der Waals surface area contributed by atoms with Crippen molar-refractivity contribution < 1.29 is 23.8 Å². The van der Waals surface area contributed by atoms with Gasteiger partial charge in [0, 0.05) is 6.42 Å². The average molecular weight is 338 g/mol. The highest BCUT2D eigenvalue weighted by molar-refractivity contribution is 5.79. The van der Waals surface area contributed by atoms with Crippen molar-refractivity contribution in [2.75, 3.05) is 20.3 Å². The third kappa shape index (κ3) is 7.21. The van der Waals surface area contributed by atoms with Crippen LogP contribution in [0.2, 0.25) is 0 Å². The number of hydrazine groups is 1. The molecule has 2 N–H and O–H groups in total. The van der Waals surface area contributed by atoms with Crippen LogP contribution in [0.4, 0.5) is 4.79 Å². The summed E-state index contributed by atoms with van der Waals surface area (Å²) < 4.78 is 15.7. The summed E-state index contributed by atoms with van der Waals surface area (Å²) in [5.74, 6) is 1.42. The molecule has 0 saturated heterocycles. The van der Waals surface area contributed by atoms with E-state index >= 15 is 0 Å². The Balaban J connectivity index is 2.53. The molecule has 7 heteroatoms. The molecular weight excluding hydrogens is 312 g/mol. The minimum atomic E-state index is -0.681. The van der Waals surface area contributed by atoms with E-state index in [1.54, 1.807) is 14.0 Å². The van der Waals surface area contributed by atoms with Crippen LogP contribution in [0.5, 0.6) is 11.5 Å². The van der Waals surface area contributed by atoms with Gasteiger partial charge in [0.2, 0.25) is 5.91 Å². The molecule has 24 heavy (non-hydrogen) atoms. The van der Waals surface area contributed by atoms with Gasteiger partial charge < -0.3 is 14.2 Å². The minimum absolute atomic E-state index is 0.225. The number of hydrogen-bond acceptors (Lipinski definition) is 5. The standard InChI is InChI=1S/C17H26N2O5/c1-5-23-17(21)19-18-16(20)9-7-13-6-8-14(22-4)15(10-13)24-11-12(2)3/h6,8,10,12H,5,7,9,11H2,1-4H3,(H,18,20)(H,19,21). The molecule has 0 heterocycles. The lowest BCUT2D eigenvalue weighted by molar-refractivity contribution is -0.121. The fourth-order valence-electron chi connectivity index (χ4n) is 1.85. The highest BCUT2D eigenvalue weighted by Gasteiger charge is 2.09. The predicted molar refractivity (Wildman–Crippen MR) is 89.9 cm³/mol. The largest absolute Gasteiger partial charge is 0.493 e. The molecule has 0 atom stereocenters. The molecule has 0 spiro atoms. The number of methoxy groups -OCH3 is 1. The Hall–Kier alpha value is -2.44. The van der Waals surface area contributed by atoms with Gasteiger partial charge in [-0.15, -0.1) is 0 Å². The Labute approximate surface area is 142 Å². The first-order valence-corrected chi connectivity index (χ1v) is 7.97. The van der Waals surface area contributed by atoms with Crippen molar-refractivity contribution in [2.24, 2.45) is 5.92 Å². The number of amides is 2. The molecule has 0 aromatic heterocycles. The highest BCUT2D eigenvalue weighted by atomic mass is 16.6. The van der Waals surface area contributed by atoms with Crippen LogP contribution >= 0.6 is 0 Å². The first kappa shape index (κ1) is 19.6. The zero-order chi connectivity index (χ0) is 17.9. The maximum atomic E-state index is 11.7. The molecule has 1 rings (SSSR count). The van der Waals surface area contributed by atoms with E-state index in [0.717, 1.165) is 5.56 Å². The molecular formula is C17H26N2O5. The number of aryl methyl sites for hydroxylation is 1. The lowest BCUT2D eigenvalue weighted by Crippen LogP contribution is -2.42.